The number of benzene rings is 1. The molecule has 4 rings (SSSR count). The molecule has 1 aliphatic heterocycles. The van der Waals surface area contributed by atoms with Crippen molar-refractivity contribution < 1.29 is 17.7 Å². The van der Waals surface area contributed by atoms with Crippen LogP contribution >= 0.6 is 12.4 Å². The van der Waals surface area contributed by atoms with Crippen LogP contribution in [0.2, 0.25) is 0 Å². The van der Waals surface area contributed by atoms with Gasteiger partial charge in [-0.3, -0.25) is 4.90 Å². The third-order valence-electron chi connectivity index (χ3n) is 4.80. The molecule has 1 atom stereocenters. The number of aromatic nitrogens is 4. The lowest BCUT2D eigenvalue weighted by molar-refractivity contribution is -0.142. The molecule has 1 unspecified atom stereocenters. The standard InChI is InChI=1S/C18H19F3N6O.ClH/c1-11-3-5-12(6-4-11)27-15(18(19,20)21)13(9-23-27)17-24-16(25-28-17)14-10-22-7-8-26(14)2;/h3-6,9,14,22H,7-8,10H2,1-2H3;1H. The molecule has 1 aliphatic rings. The Balaban J connectivity index is 0.00000240. The van der Waals surface area contributed by atoms with Crippen LogP contribution in [0.4, 0.5) is 13.2 Å². The van der Waals surface area contributed by atoms with Gasteiger partial charge in [0.25, 0.3) is 5.89 Å². The minimum Gasteiger partial charge on any atom is -0.334 e. The zero-order valence-corrected chi connectivity index (χ0v) is 16.6. The van der Waals surface area contributed by atoms with Crippen LogP contribution in [-0.4, -0.2) is 51.5 Å². The quantitative estimate of drug-likeness (QED) is 0.690. The molecule has 1 aromatic carbocycles. The second-order valence-corrected chi connectivity index (χ2v) is 6.81. The molecule has 156 valence electrons. The van der Waals surface area contributed by atoms with Gasteiger partial charge >= 0.3 is 6.18 Å². The number of hydrogen-bond acceptors (Lipinski definition) is 6. The van der Waals surface area contributed by atoms with Crippen molar-refractivity contribution in [2.75, 3.05) is 26.7 Å². The maximum Gasteiger partial charge on any atom is 0.434 e. The minimum atomic E-state index is -4.64. The van der Waals surface area contributed by atoms with Crippen molar-refractivity contribution in [1.82, 2.24) is 30.1 Å². The molecule has 1 N–H and O–H groups in total. The van der Waals surface area contributed by atoms with Crippen LogP contribution in [0.5, 0.6) is 0 Å². The van der Waals surface area contributed by atoms with E-state index >= 15 is 0 Å². The molecule has 1 saturated heterocycles. The first-order valence-corrected chi connectivity index (χ1v) is 8.82. The third kappa shape index (κ3) is 4.14. The first-order chi connectivity index (χ1) is 13.3. The smallest absolute Gasteiger partial charge is 0.334 e. The Kier molecular flexibility index (Phi) is 5.97. The van der Waals surface area contributed by atoms with Gasteiger partial charge in [0, 0.05) is 19.6 Å². The number of nitrogens with zero attached hydrogens (tertiary/aromatic N) is 5. The number of piperazine rings is 1. The lowest BCUT2D eigenvalue weighted by Crippen LogP contribution is -2.44. The highest BCUT2D eigenvalue weighted by Crippen LogP contribution is 2.38. The fourth-order valence-electron chi connectivity index (χ4n) is 3.23. The molecule has 0 bridgehead atoms. The molecular weight excluding hydrogens is 409 g/mol. The van der Waals surface area contributed by atoms with Crippen molar-refractivity contribution in [1.29, 1.82) is 0 Å². The highest BCUT2D eigenvalue weighted by molar-refractivity contribution is 5.85. The van der Waals surface area contributed by atoms with Crippen molar-refractivity contribution in [3.05, 3.63) is 47.5 Å². The van der Waals surface area contributed by atoms with Crippen LogP contribution in [0.3, 0.4) is 0 Å². The second kappa shape index (κ2) is 8.13. The first-order valence-electron chi connectivity index (χ1n) is 8.82. The van der Waals surface area contributed by atoms with Crippen molar-refractivity contribution >= 4 is 12.4 Å². The van der Waals surface area contributed by atoms with Crippen molar-refractivity contribution in [3.8, 4) is 17.1 Å². The van der Waals surface area contributed by atoms with E-state index in [1.165, 1.54) is 0 Å². The number of rotatable bonds is 3. The summed E-state index contributed by atoms with van der Waals surface area (Å²) in [6.07, 6.45) is -3.53. The molecule has 0 spiro atoms. The van der Waals surface area contributed by atoms with E-state index in [4.69, 9.17) is 4.52 Å². The normalized spacial score (nSPS) is 17.9. The number of halogens is 4. The predicted molar refractivity (Wildman–Crippen MR) is 102 cm³/mol. The summed E-state index contributed by atoms with van der Waals surface area (Å²) in [6.45, 7) is 4.08. The van der Waals surface area contributed by atoms with E-state index in [2.05, 4.69) is 20.6 Å². The van der Waals surface area contributed by atoms with E-state index in [1.807, 2.05) is 18.9 Å². The summed E-state index contributed by atoms with van der Waals surface area (Å²) in [5.74, 6) is 0.153. The summed E-state index contributed by atoms with van der Waals surface area (Å²) in [6, 6.07) is 6.47. The molecule has 2 aromatic heterocycles. The number of alkyl halides is 3. The maximum absolute atomic E-state index is 13.8. The van der Waals surface area contributed by atoms with E-state index in [0.29, 0.717) is 18.1 Å². The Hall–Kier alpha value is -2.43. The number of nitrogens with one attached hydrogen (secondary N) is 1. The van der Waals surface area contributed by atoms with Crippen molar-refractivity contribution in [3.63, 3.8) is 0 Å². The topological polar surface area (TPSA) is 72.0 Å². The van der Waals surface area contributed by atoms with Gasteiger partial charge in [0.05, 0.1) is 23.5 Å². The Morgan fingerprint density at radius 1 is 1.21 bits per heavy atom. The summed E-state index contributed by atoms with van der Waals surface area (Å²) in [5.41, 5.74) is 0.0662. The third-order valence-corrected chi connectivity index (χ3v) is 4.80. The fraction of sp³-hybridized carbons (Fsp3) is 0.389. The van der Waals surface area contributed by atoms with Gasteiger partial charge in [-0.15, -0.1) is 12.4 Å². The molecule has 1 fully saturated rings. The molecule has 11 heteroatoms. The van der Waals surface area contributed by atoms with E-state index in [-0.39, 0.29) is 29.9 Å². The molecule has 0 saturated carbocycles. The molecule has 0 radical (unpaired) electrons. The average Bonchev–Trinajstić information content (AvgIpc) is 3.29. The van der Waals surface area contributed by atoms with Gasteiger partial charge < -0.3 is 9.84 Å². The molecule has 3 heterocycles. The number of hydrogen-bond donors (Lipinski definition) is 1. The molecule has 0 amide bonds. The first kappa shape index (κ1) is 21.3. The van der Waals surface area contributed by atoms with Crippen LogP contribution in [0.1, 0.15) is 23.1 Å². The fourth-order valence-corrected chi connectivity index (χ4v) is 3.23. The van der Waals surface area contributed by atoms with Crippen molar-refractivity contribution in [2.45, 2.75) is 19.1 Å². The van der Waals surface area contributed by atoms with Gasteiger partial charge in [-0.25, -0.2) is 4.68 Å². The predicted octanol–water partition coefficient (Wildman–Crippen LogP) is 3.25. The van der Waals surface area contributed by atoms with Gasteiger partial charge in [0.1, 0.15) is 0 Å². The summed E-state index contributed by atoms with van der Waals surface area (Å²) in [5, 5.41) is 11.1. The SMILES string of the molecule is Cc1ccc(-n2ncc(-c3nc(C4CNCCN4C)no3)c2C(F)(F)F)cc1.Cl. The van der Waals surface area contributed by atoms with Crippen LogP contribution in [-0.2, 0) is 6.18 Å². The molecular formula is C18H20ClF3N6O. The van der Waals surface area contributed by atoms with Crippen LogP contribution in [0, 0.1) is 6.92 Å². The lowest BCUT2D eigenvalue weighted by atomic mass is 10.2. The van der Waals surface area contributed by atoms with Crippen LogP contribution < -0.4 is 5.32 Å². The molecule has 3 aromatic rings. The lowest BCUT2D eigenvalue weighted by Gasteiger charge is -2.30. The van der Waals surface area contributed by atoms with E-state index in [0.717, 1.165) is 29.5 Å². The van der Waals surface area contributed by atoms with Gasteiger partial charge in [-0.05, 0) is 26.1 Å². The van der Waals surface area contributed by atoms with Crippen molar-refractivity contribution in [2.24, 2.45) is 0 Å². The molecule has 29 heavy (non-hydrogen) atoms. The summed E-state index contributed by atoms with van der Waals surface area (Å²) in [7, 11) is 1.91. The Morgan fingerprint density at radius 2 is 1.93 bits per heavy atom. The maximum atomic E-state index is 13.8. The zero-order valence-electron chi connectivity index (χ0n) is 15.8. The molecule has 0 aliphatic carbocycles. The Labute approximate surface area is 171 Å². The van der Waals surface area contributed by atoms with E-state index in [9.17, 15) is 13.2 Å². The van der Waals surface area contributed by atoms with E-state index in [1.54, 1.807) is 24.3 Å². The highest BCUT2D eigenvalue weighted by atomic mass is 35.5. The average molecular weight is 429 g/mol. The summed E-state index contributed by atoms with van der Waals surface area (Å²) < 4.78 is 47.6. The summed E-state index contributed by atoms with van der Waals surface area (Å²) >= 11 is 0. The van der Waals surface area contributed by atoms with Crippen LogP contribution in [0.25, 0.3) is 17.1 Å². The Bertz CT molecular complexity index is 969. The Morgan fingerprint density at radius 3 is 2.59 bits per heavy atom. The monoisotopic (exact) mass is 428 g/mol. The highest BCUT2D eigenvalue weighted by Gasteiger charge is 2.41. The second-order valence-electron chi connectivity index (χ2n) is 6.81. The minimum absolute atomic E-state index is 0. The van der Waals surface area contributed by atoms with E-state index < -0.39 is 11.9 Å². The van der Waals surface area contributed by atoms with Gasteiger partial charge in [-0.2, -0.15) is 23.3 Å². The number of likely N-dealkylation sites (N-methyl/N-ethyl adjacent to an activating group) is 1. The van der Waals surface area contributed by atoms with Gasteiger partial charge in [0.2, 0.25) is 0 Å². The van der Waals surface area contributed by atoms with Gasteiger partial charge in [0.15, 0.2) is 11.5 Å². The summed E-state index contributed by atoms with van der Waals surface area (Å²) in [4.78, 5) is 6.27. The number of aryl methyl sites for hydroxylation is 1. The van der Waals surface area contributed by atoms with Crippen LogP contribution in [0.15, 0.2) is 35.0 Å². The largest absolute Gasteiger partial charge is 0.434 e. The zero-order chi connectivity index (χ0) is 19.9. The molecule has 7 nitrogen and oxygen atoms in total. The van der Waals surface area contributed by atoms with Gasteiger partial charge in [-0.1, -0.05) is 22.9 Å².